The van der Waals surface area contributed by atoms with E-state index in [1.807, 2.05) is 33.8 Å². The number of benzene rings is 1. The summed E-state index contributed by atoms with van der Waals surface area (Å²) in [6.45, 7) is 7.77. The molecule has 12 heavy (non-hydrogen) atoms. The molecule has 0 aromatic heterocycles. The monoisotopic (exact) mass is 174 g/mol. The summed E-state index contributed by atoms with van der Waals surface area (Å²) in [5.41, 5.74) is 1.96. The van der Waals surface area contributed by atoms with Gasteiger partial charge >= 0.3 is 0 Å². The topological polar surface area (TPSA) is 0 Å². The van der Waals surface area contributed by atoms with Gasteiger partial charge in [-0.1, -0.05) is 19.9 Å². The smallest absolute Gasteiger partial charge is 0.123 e. The second-order valence-electron chi connectivity index (χ2n) is 2.31. The Hall–Kier alpha value is -0.920. The predicted molar refractivity (Wildman–Crippen MR) is 49.7 cm³/mol. The Morgan fingerprint density at radius 3 is 1.50 bits per heavy atom. The third-order valence-electron chi connectivity index (χ3n) is 1.19. The lowest BCUT2D eigenvalue weighted by Gasteiger charge is -1.94. The average Bonchev–Trinajstić information content (AvgIpc) is 1.88. The van der Waals surface area contributed by atoms with Crippen LogP contribution in [-0.2, 0) is 0 Å². The van der Waals surface area contributed by atoms with E-state index in [0.717, 1.165) is 11.1 Å². The highest BCUT2D eigenvalue weighted by Gasteiger charge is 1.90. The molecule has 0 aliphatic rings. The Morgan fingerprint density at radius 2 is 1.25 bits per heavy atom. The van der Waals surface area contributed by atoms with Crippen molar-refractivity contribution in [2.24, 2.45) is 0 Å². The van der Waals surface area contributed by atoms with Crippen LogP contribution in [0.2, 0.25) is 0 Å². The fourth-order valence-electron chi connectivity index (χ4n) is 0.919. The third-order valence-corrected chi connectivity index (χ3v) is 1.19. The van der Waals surface area contributed by atoms with Gasteiger partial charge in [-0.25, -0.2) is 4.39 Å². The summed E-state index contributed by atoms with van der Waals surface area (Å²) in [5, 5.41) is 0. The van der Waals surface area contributed by atoms with E-state index in [2.05, 4.69) is 0 Å². The quantitative estimate of drug-likeness (QED) is 0.563. The SMILES string of the molecule is CC.Cc1cc(C)cc(F)c1.F. The van der Waals surface area contributed by atoms with Gasteiger partial charge in [-0.2, -0.15) is 0 Å². The lowest BCUT2D eigenvalue weighted by Crippen LogP contribution is -1.79. The first-order chi connectivity index (χ1) is 5.18. The summed E-state index contributed by atoms with van der Waals surface area (Å²) in [6, 6.07) is 4.99. The molecule has 0 unspecified atom stereocenters. The molecule has 0 nitrogen and oxygen atoms in total. The van der Waals surface area contributed by atoms with Crippen molar-refractivity contribution in [1.82, 2.24) is 0 Å². The van der Waals surface area contributed by atoms with E-state index in [-0.39, 0.29) is 10.5 Å². The zero-order valence-corrected chi connectivity index (χ0v) is 8.02. The van der Waals surface area contributed by atoms with Gasteiger partial charge in [-0.15, -0.1) is 0 Å². The summed E-state index contributed by atoms with van der Waals surface area (Å²) >= 11 is 0. The van der Waals surface area contributed by atoms with Gasteiger partial charge in [0.1, 0.15) is 5.82 Å². The van der Waals surface area contributed by atoms with E-state index in [4.69, 9.17) is 0 Å². The van der Waals surface area contributed by atoms with Crippen molar-refractivity contribution in [1.29, 1.82) is 0 Å². The molecule has 1 aromatic carbocycles. The number of aryl methyl sites for hydroxylation is 2. The first kappa shape index (κ1) is 13.7. The predicted octanol–water partition coefficient (Wildman–Crippen LogP) is 3.62. The molecule has 0 saturated carbocycles. The molecule has 0 amide bonds. The van der Waals surface area contributed by atoms with Gasteiger partial charge in [-0.3, -0.25) is 4.70 Å². The maximum atomic E-state index is 12.4. The van der Waals surface area contributed by atoms with Gasteiger partial charge in [0.2, 0.25) is 0 Å². The molecule has 1 rings (SSSR count). The van der Waals surface area contributed by atoms with Crippen molar-refractivity contribution in [3.63, 3.8) is 0 Å². The molecule has 70 valence electrons. The summed E-state index contributed by atoms with van der Waals surface area (Å²) < 4.78 is 12.4. The lowest BCUT2D eigenvalue weighted by atomic mass is 10.2. The summed E-state index contributed by atoms with van der Waals surface area (Å²) in [4.78, 5) is 0. The maximum absolute atomic E-state index is 12.4. The van der Waals surface area contributed by atoms with Gasteiger partial charge in [0, 0.05) is 0 Å². The average molecular weight is 174 g/mol. The lowest BCUT2D eigenvalue weighted by molar-refractivity contribution is 0.625. The van der Waals surface area contributed by atoms with Crippen molar-refractivity contribution in [2.45, 2.75) is 27.7 Å². The van der Waals surface area contributed by atoms with Gasteiger partial charge in [0.15, 0.2) is 0 Å². The number of rotatable bonds is 0. The van der Waals surface area contributed by atoms with Crippen LogP contribution in [0.1, 0.15) is 25.0 Å². The highest BCUT2D eigenvalue weighted by atomic mass is 19.1. The van der Waals surface area contributed by atoms with E-state index >= 15 is 0 Å². The van der Waals surface area contributed by atoms with Crippen LogP contribution in [0.25, 0.3) is 0 Å². The van der Waals surface area contributed by atoms with Crippen molar-refractivity contribution in [3.8, 4) is 0 Å². The molecule has 0 saturated heterocycles. The number of hydrogen-bond acceptors (Lipinski definition) is 0. The molecule has 2 heteroatoms. The largest absolute Gasteiger partial charge is 0.269 e. The summed E-state index contributed by atoms with van der Waals surface area (Å²) in [6.07, 6.45) is 0. The second kappa shape index (κ2) is 6.77. The van der Waals surface area contributed by atoms with Crippen LogP contribution in [0.5, 0.6) is 0 Å². The number of hydrogen-bond donors (Lipinski definition) is 0. The minimum atomic E-state index is -0.146. The molecule has 0 aliphatic carbocycles. The highest BCUT2D eigenvalue weighted by molar-refractivity contribution is 5.21. The van der Waals surface area contributed by atoms with E-state index in [0.29, 0.717) is 0 Å². The molecule has 0 atom stereocenters. The Morgan fingerprint density at radius 1 is 0.917 bits per heavy atom. The van der Waals surface area contributed by atoms with Crippen LogP contribution in [-0.4, -0.2) is 0 Å². The van der Waals surface area contributed by atoms with Crippen molar-refractivity contribution in [2.75, 3.05) is 0 Å². The molecular formula is C10H16F2. The molecule has 1 aromatic rings. The Kier molecular flexibility index (Phi) is 7.70. The van der Waals surface area contributed by atoms with E-state index in [9.17, 15) is 4.39 Å². The van der Waals surface area contributed by atoms with Gasteiger partial charge in [0.05, 0.1) is 0 Å². The Labute approximate surface area is 72.8 Å². The standard InChI is InChI=1S/C8H9F.C2H6.FH/c1-6-3-7(2)5-8(9)4-6;1-2;/h3-5H,1-2H3;1-2H3;1H. The van der Waals surface area contributed by atoms with Crippen LogP contribution in [0.15, 0.2) is 18.2 Å². The third kappa shape index (κ3) is 4.83. The first-order valence-electron chi connectivity index (χ1n) is 3.92. The van der Waals surface area contributed by atoms with Crippen LogP contribution in [0, 0.1) is 19.7 Å². The highest BCUT2D eigenvalue weighted by Crippen LogP contribution is 2.05. The van der Waals surface area contributed by atoms with E-state index < -0.39 is 0 Å². The molecule has 0 spiro atoms. The summed E-state index contributed by atoms with van der Waals surface area (Å²) in [7, 11) is 0. The zero-order chi connectivity index (χ0) is 8.85. The normalized spacial score (nSPS) is 7.75. The van der Waals surface area contributed by atoms with Crippen molar-refractivity contribution >= 4 is 0 Å². The van der Waals surface area contributed by atoms with E-state index in [1.165, 1.54) is 12.1 Å². The second-order valence-corrected chi connectivity index (χ2v) is 2.31. The molecule has 0 bridgehead atoms. The molecule has 0 fully saturated rings. The van der Waals surface area contributed by atoms with Crippen LogP contribution >= 0.6 is 0 Å². The zero-order valence-electron chi connectivity index (χ0n) is 8.02. The maximum Gasteiger partial charge on any atom is 0.123 e. The van der Waals surface area contributed by atoms with Gasteiger partial charge in [0.25, 0.3) is 0 Å². The van der Waals surface area contributed by atoms with Gasteiger partial charge < -0.3 is 0 Å². The fourth-order valence-corrected chi connectivity index (χ4v) is 0.919. The first-order valence-corrected chi connectivity index (χ1v) is 3.92. The van der Waals surface area contributed by atoms with Crippen LogP contribution < -0.4 is 0 Å². The molecule has 0 N–H and O–H groups in total. The van der Waals surface area contributed by atoms with Crippen molar-refractivity contribution in [3.05, 3.63) is 35.1 Å². The van der Waals surface area contributed by atoms with Gasteiger partial charge in [-0.05, 0) is 37.1 Å². The number of halogens is 2. The van der Waals surface area contributed by atoms with Crippen LogP contribution in [0.3, 0.4) is 0 Å². The summed E-state index contributed by atoms with van der Waals surface area (Å²) in [5.74, 6) is -0.146. The minimum absolute atomic E-state index is 0. The minimum Gasteiger partial charge on any atom is -0.269 e. The van der Waals surface area contributed by atoms with Crippen molar-refractivity contribution < 1.29 is 9.09 Å². The molecule has 0 heterocycles. The Balaban J connectivity index is 0. The Bertz CT molecular complexity index is 169. The fraction of sp³-hybridized carbons (Fsp3) is 0.400. The van der Waals surface area contributed by atoms with E-state index in [1.54, 1.807) is 0 Å². The molecule has 0 radical (unpaired) electrons. The van der Waals surface area contributed by atoms with Crippen LogP contribution in [0.4, 0.5) is 9.09 Å². The molecule has 0 aliphatic heterocycles. The molecular weight excluding hydrogens is 158 g/mol.